The molecule has 0 aliphatic heterocycles. The quantitative estimate of drug-likeness (QED) is 0.620. The standard InChI is InChI=1S/2C3H7O.Pb/c2*1-2-3-4;/h2*2-3H2,1H3;/q2*-1;+2. The van der Waals surface area contributed by atoms with Gasteiger partial charge in [-0.2, -0.15) is 0 Å². The van der Waals surface area contributed by atoms with Crippen molar-refractivity contribution in [3.63, 3.8) is 0 Å². The molecule has 0 heterocycles. The van der Waals surface area contributed by atoms with E-state index < -0.39 is 0 Å². The first-order chi connectivity index (χ1) is 3.83. The van der Waals surface area contributed by atoms with Gasteiger partial charge in [0.1, 0.15) is 0 Å². The zero-order valence-corrected chi connectivity index (χ0v) is 10.0. The summed E-state index contributed by atoms with van der Waals surface area (Å²) in [5.41, 5.74) is 0. The second-order valence-corrected chi connectivity index (χ2v) is 1.41. The van der Waals surface area contributed by atoms with Gasteiger partial charge in [0.2, 0.25) is 0 Å². The van der Waals surface area contributed by atoms with Gasteiger partial charge in [0.05, 0.1) is 0 Å². The minimum absolute atomic E-state index is 0. The Balaban J connectivity index is -0.0000000720. The van der Waals surface area contributed by atoms with Crippen LogP contribution in [0.25, 0.3) is 0 Å². The number of hydrogen-bond donors (Lipinski definition) is 0. The molecule has 0 aromatic carbocycles. The topological polar surface area (TPSA) is 46.1 Å². The van der Waals surface area contributed by atoms with Crippen LogP contribution >= 0.6 is 0 Å². The fourth-order valence-electron chi connectivity index (χ4n) is 0. The molecule has 0 aromatic rings. The second kappa shape index (κ2) is 23.2. The fraction of sp³-hybridized carbons (Fsp3) is 1.00. The van der Waals surface area contributed by atoms with Crippen LogP contribution in [0, 0.1) is 0 Å². The van der Waals surface area contributed by atoms with Crippen LogP contribution in [0.5, 0.6) is 0 Å². The van der Waals surface area contributed by atoms with E-state index in [9.17, 15) is 10.2 Å². The zero-order valence-electron chi connectivity index (χ0n) is 6.14. The molecule has 0 aromatic heterocycles. The molecule has 0 unspecified atom stereocenters. The second-order valence-electron chi connectivity index (χ2n) is 1.41. The third-order valence-corrected chi connectivity index (χ3v) is 0.408. The summed E-state index contributed by atoms with van der Waals surface area (Å²) in [7, 11) is 0. The van der Waals surface area contributed by atoms with Crippen molar-refractivity contribution in [1.82, 2.24) is 0 Å². The van der Waals surface area contributed by atoms with Crippen molar-refractivity contribution in [3.8, 4) is 0 Å². The average Bonchev–Trinajstić information content (AvgIpc) is 1.88. The molecule has 0 atom stereocenters. The van der Waals surface area contributed by atoms with Gasteiger partial charge in [-0.3, -0.25) is 0 Å². The van der Waals surface area contributed by atoms with Crippen molar-refractivity contribution < 1.29 is 10.2 Å². The predicted molar refractivity (Wildman–Crippen MR) is 36.1 cm³/mol. The van der Waals surface area contributed by atoms with E-state index in [0.717, 1.165) is 12.8 Å². The third-order valence-electron chi connectivity index (χ3n) is 0.408. The van der Waals surface area contributed by atoms with Crippen LogP contribution in [-0.4, -0.2) is 40.5 Å². The molecular weight excluding hydrogens is 311 g/mol. The van der Waals surface area contributed by atoms with Gasteiger partial charge >= 0.3 is 27.3 Å². The Morgan fingerprint density at radius 2 is 1.00 bits per heavy atom. The van der Waals surface area contributed by atoms with Gasteiger partial charge in [-0.1, -0.05) is 26.7 Å². The molecule has 0 fully saturated rings. The first-order valence-corrected chi connectivity index (χ1v) is 2.99. The molecule has 0 saturated heterocycles. The molecule has 0 rings (SSSR count). The van der Waals surface area contributed by atoms with Gasteiger partial charge in [-0.05, 0) is 0 Å². The summed E-state index contributed by atoms with van der Waals surface area (Å²) >= 11 is 0. The molecule has 0 N–H and O–H groups in total. The summed E-state index contributed by atoms with van der Waals surface area (Å²) < 4.78 is 0. The SMILES string of the molecule is CCC[O-].CCC[O-].[Pb+2]. The van der Waals surface area contributed by atoms with Crippen LogP contribution in [0.4, 0.5) is 0 Å². The van der Waals surface area contributed by atoms with Gasteiger partial charge in [0, 0.05) is 0 Å². The van der Waals surface area contributed by atoms with E-state index in [4.69, 9.17) is 0 Å². The van der Waals surface area contributed by atoms with E-state index in [1.54, 1.807) is 0 Å². The van der Waals surface area contributed by atoms with Crippen molar-refractivity contribution in [2.75, 3.05) is 13.2 Å². The molecule has 3 heteroatoms. The van der Waals surface area contributed by atoms with E-state index >= 15 is 0 Å². The van der Waals surface area contributed by atoms with Gasteiger partial charge < -0.3 is 10.2 Å². The van der Waals surface area contributed by atoms with Crippen molar-refractivity contribution in [2.24, 2.45) is 0 Å². The van der Waals surface area contributed by atoms with Crippen LogP contribution in [0.15, 0.2) is 0 Å². The first kappa shape index (κ1) is 16.4. The van der Waals surface area contributed by atoms with Crippen LogP contribution in [0.1, 0.15) is 26.7 Å². The minimum atomic E-state index is 0. The van der Waals surface area contributed by atoms with Crippen molar-refractivity contribution in [3.05, 3.63) is 0 Å². The molecular formula is C6H14O2Pb. The summed E-state index contributed by atoms with van der Waals surface area (Å²) in [5, 5.41) is 18.6. The molecule has 0 bridgehead atoms. The summed E-state index contributed by atoms with van der Waals surface area (Å²) in [5.74, 6) is 0. The molecule has 2 radical (unpaired) electrons. The smallest absolute Gasteiger partial charge is 0.854 e. The Morgan fingerprint density at radius 3 is 1.00 bits per heavy atom. The van der Waals surface area contributed by atoms with E-state index in [1.807, 2.05) is 13.8 Å². The van der Waals surface area contributed by atoms with Crippen LogP contribution in [0.3, 0.4) is 0 Å². The summed E-state index contributed by atoms with van der Waals surface area (Å²) in [6.07, 6.45) is 1.53. The fourth-order valence-corrected chi connectivity index (χ4v) is 0. The molecule has 0 aliphatic carbocycles. The number of rotatable bonds is 2. The van der Waals surface area contributed by atoms with Gasteiger partial charge in [0.25, 0.3) is 0 Å². The summed E-state index contributed by atoms with van der Waals surface area (Å²) in [6.45, 7) is 3.88. The van der Waals surface area contributed by atoms with Crippen molar-refractivity contribution >= 4 is 27.3 Å². The number of hydrogen-bond acceptors (Lipinski definition) is 2. The van der Waals surface area contributed by atoms with Gasteiger partial charge in [-0.15, -0.1) is 13.2 Å². The summed E-state index contributed by atoms with van der Waals surface area (Å²) in [6, 6.07) is 0. The minimum Gasteiger partial charge on any atom is -0.854 e. The molecule has 0 aliphatic rings. The zero-order chi connectivity index (χ0) is 6.83. The van der Waals surface area contributed by atoms with E-state index in [-0.39, 0.29) is 40.5 Å². The molecule has 0 saturated carbocycles. The Bertz CT molecular complexity index is 19.0. The van der Waals surface area contributed by atoms with Gasteiger partial charge in [-0.25, -0.2) is 0 Å². The van der Waals surface area contributed by atoms with Crippen molar-refractivity contribution in [1.29, 1.82) is 0 Å². The molecule has 9 heavy (non-hydrogen) atoms. The monoisotopic (exact) mass is 326 g/mol. The average molecular weight is 325 g/mol. The largest absolute Gasteiger partial charge is 2.00 e. The Labute approximate surface area is 77.4 Å². The third kappa shape index (κ3) is 51.2. The van der Waals surface area contributed by atoms with Crippen LogP contribution in [-0.2, 0) is 0 Å². The Hall–Kier alpha value is 0.842. The maximum Gasteiger partial charge on any atom is 2.00 e. The molecule has 54 valence electrons. The van der Waals surface area contributed by atoms with Gasteiger partial charge in [0.15, 0.2) is 0 Å². The molecule has 0 spiro atoms. The Morgan fingerprint density at radius 1 is 0.889 bits per heavy atom. The van der Waals surface area contributed by atoms with Crippen LogP contribution in [0.2, 0.25) is 0 Å². The van der Waals surface area contributed by atoms with Crippen LogP contribution < -0.4 is 10.2 Å². The maximum atomic E-state index is 9.30. The first-order valence-electron chi connectivity index (χ1n) is 2.99. The molecule has 0 amide bonds. The maximum absolute atomic E-state index is 9.30. The van der Waals surface area contributed by atoms with E-state index in [1.165, 1.54) is 0 Å². The molecule has 2 nitrogen and oxygen atoms in total. The predicted octanol–water partition coefficient (Wildman–Crippen LogP) is -0.867. The van der Waals surface area contributed by atoms with Crippen molar-refractivity contribution in [2.45, 2.75) is 26.7 Å². The Kier molecular flexibility index (Phi) is 42.4. The normalized spacial score (nSPS) is 6.67. The summed E-state index contributed by atoms with van der Waals surface area (Å²) in [4.78, 5) is 0. The van der Waals surface area contributed by atoms with E-state index in [0.29, 0.717) is 0 Å². The van der Waals surface area contributed by atoms with E-state index in [2.05, 4.69) is 0 Å².